The zero-order valence-electron chi connectivity index (χ0n) is 22.0. The van der Waals surface area contributed by atoms with Gasteiger partial charge in [0.15, 0.2) is 0 Å². The highest BCUT2D eigenvalue weighted by Crippen LogP contribution is 2.60. The Morgan fingerprint density at radius 2 is 1.75 bits per heavy atom. The van der Waals surface area contributed by atoms with Crippen molar-refractivity contribution in [1.82, 2.24) is 9.80 Å². The number of piperidine rings is 1. The fourth-order valence-corrected chi connectivity index (χ4v) is 7.00. The maximum Gasteiger partial charge on any atom is 0.242 e. The molecule has 0 saturated carbocycles. The highest BCUT2D eigenvalue weighted by molar-refractivity contribution is 6.31. The van der Waals surface area contributed by atoms with Gasteiger partial charge in [-0.15, -0.1) is 0 Å². The number of carbonyl (C=O) groups is 3. The monoisotopic (exact) mass is 577 g/mol. The van der Waals surface area contributed by atoms with Crippen molar-refractivity contribution < 1.29 is 19.1 Å². The van der Waals surface area contributed by atoms with E-state index >= 15 is 0 Å². The highest BCUT2D eigenvalue weighted by atomic mass is 35.5. The summed E-state index contributed by atoms with van der Waals surface area (Å²) in [5.41, 5.74) is 2.64. The largest absolute Gasteiger partial charge is 0.378 e. The van der Waals surface area contributed by atoms with E-state index in [9.17, 15) is 14.4 Å². The minimum absolute atomic E-state index is 0.0363. The van der Waals surface area contributed by atoms with Crippen molar-refractivity contribution in [2.45, 2.75) is 30.7 Å². The van der Waals surface area contributed by atoms with Crippen molar-refractivity contribution in [3.8, 4) is 0 Å². The number of hydrogen-bond acceptors (Lipinski definition) is 4. The quantitative estimate of drug-likeness (QED) is 0.467. The van der Waals surface area contributed by atoms with Crippen LogP contribution in [0.2, 0.25) is 10.0 Å². The molecule has 206 valence electrons. The summed E-state index contributed by atoms with van der Waals surface area (Å²) in [6, 6.07) is 19.7. The molecule has 7 nitrogen and oxygen atoms in total. The zero-order chi connectivity index (χ0) is 28.0. The second kappa shape index (κ2) is 10.5. The lowest BCUT2D eigenvalue weighted by atomic mass is 9.58. The minimum Gasteiger partial charge on any atom is -0.378 e. The Bertz CT molecular complexity index is 1510. The van der Waals surface area contributed by atoms with Crippen molar-refractivity contribution in [2.75, 3.05) is 38.2 Å². The molecular formula is C31H29Cl2N3O4. The lowest BCUT2D eigenvalue weighted by Crippen LogP contribution is -2.60. The first kappa shape index (κ1) is 26.8. The lowest BCUT2D eigenvalue weighted by molar-refractivity contribution is -0.152. The first-order valence-corrected chi connectivity index (χ1v) is 14.1. The third-order valence-electron chi connectivity index (χ3n) is 8.45. The molecule has 0 aliphatic carbocycles. The fourth-order valence-electron chi connectivity index (χ4n) is 6.63. The van der Waals surface area contributed by atoms with Gasteiger partial charge in [-0.3, -0.25) is 14.4 Å². The summed E-state index contributed by atoms with van der Waals surface area (Å²) < 4.78 is 5.43. The van der Waals surface area contributed by atoms with Gasteiger partial charge in [-0.25, -0.2) is 0 Å². The molecule has 0 aromatic heterocycles. The standard InChI is InChI=1S/C31H29Cl2N3O4/c1-19-5-2-3-8-23(19)29-31(24-10-9-22(33)16-26(24)34-30(31)39)25(20-6-4-7-21(32)15-20)17-27(37)36(29)18-28(38)35-11-13-40-14-12-35/h2-10,15-16,25,29H,11-14,17-18H2,1H3,(H,34,39). The van der Waals surface area contributed by atoms with Crippen LogP contribution in [0.5, 0.6) is 0 Å². The second-order valence-corrected chi connectivity index (χ2v) is 11.5. The van der Waals surface area contributed by atoms with E-state index in [-0.39, 0.29) is 30.7 Å². The number of anilines is 1. The fraction of sp³-hybridized carbons (Fsp3) is 0.323. The van der Waals surface area contributed by atoms with Gasteiger partial charge in [0.25, 0.3) is 0 Å². The van der Waals surface area contributed by atoms with Crippen LogP contribution in [-0.4, -0.2) is 60.4 Å². The lowest BCUT2D eigenvalue weighted by Gasteiger charge is -2.52. The number of morpholine rings is 1. The number of likely N-dealkylation sites (tertiary alicyclic amines) is 1. The third kappa shape index (κ3) is 4.37. The average molecular weight is 578 g/mol. The Hall–Kier alpha value is -3.39. The van der Waals surface area contributed by atoms with Crippen LogP contribution in [0.1, 0.15) is 40.6 Å². The summed E-state index contributed by atoms with van der Waals surface area (Å²) in [7, 11) is 0. The average Bonchev–Trinajstić information content (AvgIpc) is 3.22. The van der Waals surface area contributed by atoms with E-state index in [1.807, 2.05) is 55.5 Å². The summed E-state index contributed by atoms with van der Waals surface area (Å²) in [4.78, 5) is 45.5. The molecular weight excluding hydrogens is 549 g/mol. The predicted molar refractivity (Wildman–Crippen MR) is 154 cm³/mol. The van der Waals surface area contributed by atoms with Crippen LogP contribution in [0.25, 0.3) is 0 Å². The maximum absolute atomic E-state index is 14.5. The minimum atomic E-state index is -1.24. The molecule has 3 unspecified atom stereocenters. The molecule has 3 heterocycles. The van der Waals surface area contributed by atoms with Crippen molar-refractivity contribution in [2.24, 2.45) is 0 Å². The van der Waals surface area contributed by atoms with E-state index in [0.29, 0.717) is 42.0 Å². The van der Waals surface area contributed by atoms with Crippen LogP contribution in [0, 0.1) is 6.92 Å². The van der Waals surface area contributed by atoms with E-state index in [1.54, 1.807) is 28.0 Å². The van der Waals surface area contributed by atoms with Gasteiger partial charge in [-0.1, -0.05) is 65.7 Å². The van der Waals surface area contributed by atoms with Crippen LogP contribution in [0.15, 0.2) is 66.7 Å². The summed E-state index contributed by atoms with van der Waals surface area (Å²) in [5, 5.41) is 4.09. The van der Waals surface area contributed by atoms with Crippen LogP contribution >= 0.6 is 23.2 Å². The molecule has 6 rings (SSSR count). The number of rotatable bonds is 4. The van der Waals surface area contributed by atoms with Crippen LogP contribution in [-0.2, 0) is 24.5 Å². The first-order valence-electron chi connectivity index (χ1n) is 13.4. The molecule has 2 fully saturated rings. The first-order chi connectivity index (χ1) is 19.3. The van der Waals surface area contributed by atoms with Crippen molar-refractivity contribution in [1.29, 1.82) is 0 Å². The Balaban J connectivity index is 1.59. The summed E-state index contributed by atoms with van der Waals surface area (Å²) >= 11 is 12.8. The number of amides is 3. The molecule has 0 bridgehead atoms. The zero-order valence-corrected chi connectivity index (χ0v) is 23.5. The van der Waals surface area contributed by atoms with Crippen LogP contribution in [0.4, 0.5) is 5.69 Å². The van der Waals surface area contributed by atoms with Crippen molar-refractivity contribution >= 4 is 46.6 Å². The van der Waals surface area contributed by atoms with E-state index < -0.39 is 17.4 Å². The number of nitrogens with zero attached hydrogens (tertiary/aromatic N) is 2. The molecule has 0 radical (unpaired) electrons. The van der Waals surface area contributed by atoms with Gasteiger partial charge in [-0.2, -0.15) is 0 Å². The summed E-state index contributed by atoms with van der Waals surface area (Å²) in [6.07, 6.45) is 0.0363. The number of ether oxygens (including phenoxy) is 1. The van der Waals surface area contributed by atoms with Gasteiger partial charge in [-0.05, 0) is 53.4 Å². The van der Waals surface area contributed by atoms with E-state index in [4.69, 9.17) is 27.9 Å². The van der Waals surface area contributed by atoms with Gasteiger partial charge in [0.2, 0.25) is 17.7 Å². The van der Waals surface area contributed by atoms with Gasteiger partial charge in [0, 0.05) is 41.2 Å². The second-order valence-electron chi connectivity index (χ2n) is 10.6. The van der Waals surface area contributed by atoms with Crippen LogP contribution in [0.3, 0.4) is 0 Å². The number of aryl methyl sites for hydroxylation is 1. The third-order valence-corrected chi connectivity index (χ3v) is 8.92. The number of halogens is 2. The molecule has 3 aliphatic rings. The van der Waals surface area contributed by atoms with E-state index in [1.165, 1.54) is 0 Å². The number of hydrogen-bond donors (Lipinski definition) is 1. The molecule has 3 amide bonds. The van der Waals surface area contributed by atoms with Crippen molar-refractivity contribution in [3.05, 3.63) is 99.0 Å². The molecule has 3 atom stereocenters. The molecule has 40 heavy (non-hydrogen) atoms. The molecule has 3 aromatic carbocycles. The molecule has 2 saturated heterocycles. The topological polar surface area (TPSA) is 79.0 Å². The predicted octanol–water partition coefficient (Wildman–Crippen LogP) is 5.11. The Kier molecular flexibility index (Phi) is 7.07. The highest BCUT2D eigenvalue weighted by Gasteiger charge is 2.63. The van der Waals surface area contributed by atoms with Gasteiger partial charge < -0.3 is 19.9 Å². The van der Waals surface area contributed by atoms with Gasteiger partial charge in [0.1, 0.15) is 12.0 Å². The smallest absolute Gasteiger partial charge is 0.242 e. The molecule has 3 aromatic rings. The Morgan fingerprint density at radius 1 is 1.00 bits per heavy atom. The molecule has 1 spiro atoms. The number of benzene rings is 3. The molecule has 1 N–H and O–H groups in total. The molecule has 3 aliphatic heterocycles. The molecule has 9 heteroatoms. The van der Waals surface area contributed by atoms with Gasteiger partial charge >= 0.3 is 0 Å². The normalized spacial score (nSPS) is 24.3. The Morgan fingerprint density at radius 3 is 2.50 bits per heavy atom. The van der Waals surface area contributed by atoms with Gasteiger partial charge in [0.05, 0.1) is 19.3 Å². The Labute approximate surface area is 243 Å². The maximum atomic E-state index is 14.5. The van der Waals surface area contributed by atoms with Crippen molar-refractivity contribution in [3.63, 3.8) is 0 Å². The number of nitrogens with one attached hydrogen (secondary N) is 1. The SMILES string of the molecule is Cc1ccccc1C1N(CC(=O)N2CCOCC2)C(=O)CC(c2cccc(Cl)c2)C12C(=O)Nc1cc(Cl)ccc12. The summed E-state index contributed by atoms with van der Waals surface area (Å²) in [6.45, 7) is 3.67. The van der Waals surface area contributed by atoms with E-state index in [0.717, 1.165) is 22.3 Å². The number of fused-ring (bicyclic) bond motifs is 2. The number of carbonyl (C=O) groups excluding carboxylic acids is 3. The van der Waals surface area contributed by atoms with E-state index in [2.05, 4.69) is 5.32 Å². The summed E-state index contributed by atoms with van der Waals surface area (Å²) in [5.74, 6) is -1.14. The van der Waals surface area contributed by atoms with Crippen LogP contribution < -0.4 is 5.32 Å².